The smallest absolute Gasteiger partial charge is 0.315 e. The number of amides is 2. The Hall–Kier alpha value is -1.92. The average Bonchev–Trinajstić information content (AvgIpc) is 2.91. The summed E-state index contributed by atoms with van der Waals surface area (Å²) in [4.78, 5) is 17.2. The fourth-order valence-corrected chi connectivity index (χ4v) is 2.72. The Labute approximate surface area is 128 Å². The molecule has 1 heterocycles. The van der Waals surface area contributed by atoms with Crippen molar-refractivity contribution in [1.29, 1.82) is 0 Å². The van der Waals surface area contributed by atoms with Gasteiger partial charge < -0.3 is 15.7 Å². The number of nitrogens with one attached hydrogen (secondary N) is 2. The van der Waals surface area contributed by atoms with Crippen LogP contribution in [0, 0.1) is 6.92 Å². The number of thiazole rings is 1. The third-order valence-electron chi connectivity index (χ3n) is 2.98. The van der Waals surface area contributed by atoms with Crippen LogP contribution >= 0.6 is 11.3 Å². The lowest BCUT2D eigenvalue weighted by atomic mass is 10.1. The van der Waals surface area contributed by atoms with Crippen LogP contribution in [0.25, 0.3) is 0 Å². The van der Waals surface area contributed by atoms with Crippen LogP contribution in [-0.2, 0) is 6.42 Å². The summed E-state index contributed by atoms with van der Waals surface area (Å²) < 4.78 is 0. The van der Waals surface area contributed by atoms with Crippen molar-refractivity contribution >= 4 is 17.4 Å². The van der Waals surface area contributed by atoms with Gasteiger partial charge in [0.2, 0.25) is 0 Å². The summed E-state index contributed by atoms with van der Waals surface area (Å²) in [5.41, 5.74) is 0.880. The maximum atomic E-state index is 11.8. The molecule has 0 saturated heterocycles. The van der Waals surface area contributed by atoms with E-state index in [2.05, 4.69) is 15.6 Å². The zero-order valence-electron chi connectivity index (χ0n) is 11.9. The lowest BCUT2D eigenvalue weighted by Gasteiger charge is -2.17. The summed E-state index contributed by atoms with van der Waals surface area (Å²) in [5, 5.41) is 15.9. The molecule has 3 N–H and O–H groups in total. The summed E-state index contributed by atoms with van der Waals surface area (Å²) in [7, 11) is 0. The van der Waals surface area contributed by atoms with Gasteiger partial charge >= 0.3 is 6.03 Å². The van der Waals surface area contributed by atoms with Crippen LogP contribution in [0.15, 0.2) is 36.5 Å². The van der Waals surface area contributed by atoms with Gasteiger partial charge in [0.25, 0.3) is 0 Å². The summed E-state index contributed by atoms with van der Waals surface area (Å²) in [6, 6.07) is 8.72. The van der Waals surface area contributed by atoms with Crippen molar-refractivity contribution in [3.63, 3.8) is 0 Å². The third-order valence-corrected chi connectivity index (χ3v) is 3.96. The van der Waals surface area contributed by atoms with Crippen LogP contribution < -0.4 is 10.6 Å². The summed E-state index contributed by atoms with van der Waals surface area (Å²) in [5.74, 6) is 0. The van der Waals surface area contributed by atoms with Crippen molar-refractivity contribution in [3.8, 4) is 0 Å². The van der Waals surface area contributed by atoms with E-state index in [9.17, 15) is 9.90 Å². The molecule has 0 unspecified atom stereocenters. The summed E-state index contributed by atoms with van der Waals surface area (Å²) in [6.07, 6.45) is 2.54. The Kier molecular flexibility index (Phi) is 5.71. The van der Waals surface area contributed by atoms with Crippen molar-refractivity contribution in [2.24, 2.45) is 0 Å². The standard InChI is InChI=1S/C15H19N3O2S/c1-11-9-17-14(21-11)7-8-16-15(20)18-13(10-19)12-5-3-2-4-6-12/h2-6,9,13,19H,7-8,10H2,1H3,(H2,16,18,20)/t13-/m1/s1. The number of hydrogen-bond donors (Lipinski definition) is 3. The molecule has 0 saturated carbocycles. The topological polar surface area (TPSA) is 74.2 Å². The fourth-order valence-electron chi connectivity index (χ4n) is 1.93. The van der Waals surface area contributed by atoms with Crippen LogP contribution in [-0.4, -0.2) is 29.3 Å². The van der Waals surface area contributed by atoms with Crippen LogP contribution in [0.2, 0.25) is 0 Å². The molecule has 0 aliphatic carbocycles. The average molecular weight is 305 g/mol. The Morgan fingerprint density at radius 1 is 1.38 bits per heavy atom. The fraction of sp³-hybridized carbons (Fsp3) is 0.333. The van der Waals surface area contributed by atoms with Gasteiger partial charge in [-0.05, 0) is 12.5 Å². The molecule has 0 radical (unpaired) electrons. The van der Waals surface area contributed by atoms with Gasteiger partial charge in [0, 0.05) is 24.0 Å². The maximum absolute atomic E-state index is 11.8. The molecule has 112 valence electrons. The highest BCUT2D eigenvalue weighted by molar-refractivity contribution is 7.11. The summed E-state index contributed by atoms with van der Waals surface area (Å²) >= 11 is 1.63. The number of aliphatic hydroxyl groups excluding tert-OH is 1. The molecular weight excluding hydrogens is 286 g/mol. The number of carbonyl (C=O) groups excluding carboxylic acids is 1. The van der Waals surface area contributed by atoms with E-state index >= 15 is 0 Å². The number of hydrogen-bond acceptors (Lipinski definition) is 4. The maximum Gasteiger partial charge on any atom is 0.315 e. The van der Waals surface area contributed by atoms with E-state index in [0.29, 0.717) is 13.0 Å². The predicted molar refractivity (Wildman–Crippen MR) is 83.4 cm³/mol. The van der Waals surface area contributed by atoms with Gasteiger partial charge in [-0.2, -0.15) is 0 Å². The van der Waals surface area contributed by atoms with Gasteiger partial charge in [-0.25, -0.2) is 9.78 Å². The molecule has 0 aliphatic rings. The molecule has 6 heteroatoms. The first-order valence-corrected chi connectivity index (χ1v) is 7.62. The van der Waals surface area contributed by atoms with Crippen molar-refractivity contribution in [3.05, 3.63) is 52.0 Å². The first-order valence-electron chi connectivity index (χ1n) is 6.80. The molecule has 2 aromatic rings. The minimum atomic E-state index is -0.395. The number of rotatable bonds is 6. The zero-order chi connectivity index (χ0) is 15.1. The highest BCUT2D eigenvalue weighted by atomic mass is 32.1. The molecule has 0 fully saturated rings. The largest absolute Gasteiger partial charge is 0.394 e. The van der Waals surface area contributed by atoms with Gasteiger partial charge in [-0.3, -0.25) is 0 Å². The van der Waals surface area contributed by atoms with E-state index in [0.717, 1.165) is 10.6 Å². The second-order valence-corrected chi connectivity index (χ2v) is 5.98. The molecule has 0 bridgehead atoms. The molecule has 1 aromatic carbocycles. The van der Waals surface area contributed by atoms with Crippen LogP contribution in [0.5, 0.6) is 0 Å². The first-order chi connectivity index (χ1) is 10.2. The molecule has 1 aromatic heterocycles. The van der Waals surface area contributed by atoms with Crippen molar-refractivity contribution in [2.75, 3.05) is 13.2 Å². The van der Waals surface area contributed by atoms with E-state index in [1.54, 1.807) is 11.3 Å². The molecule has 5 nitrogen and oxygen atoms in total. The monoisotopic (exact) mass is 305 g/mol. The minimum absolute atomic E-state index is 0.136. The molecule has 1 atom stereocenters. The zero-order valence-corrected chi connectivity index (χ0v) is 12.7. The van der Waals surface area contributed by atoms with Crippen molar-refractivity contribution in [1.82, 2.24) is 15.6 Å². The number of urea groups is 1. The molecule has 2 amide bonds. The van der Waals surface area contributed by atoms with Crippen LogP contribution in [0.3, 0.4) is 0 Å². The van der Waals surface area contributed by atoms with E-state index in [1.165, 1.54) is 4.88 Å². The Bertz CT molecular complexity index is 571. The van der Waals surface area contributed by atoms with E-state index in [1.807, 2.05) is 43.5 Å². The highest BCUT2D eigenvalue weighted by Gasteiger charge is 2.12. The van der Waals surface area contributed by atoms with E-state index < -0.39 is 6.04 Å². The van der Waals surface area contributed by atoms with Gasteiger partial charge in [-0.15, -0.1) is 11.3 Å². The van der Waals surface area contributed by atoms with Crippen molar-refractivity contribution < 1.29 is 9.90 Å². The van der Waals surface area contributed by atoms with E-state index in [4.69, 9.17) is 0 Å². The van der Waals surface area contributed by atoms with Gasteiger partial charge in [0.1, 0.15) is 0 Å². The normalized spacial score (nSPS) is 11.9. The van der Waals surface area contributed by atoms with Crippen LogP contribution in [0.4, 0.5) is 4.79 Å². The molecule has 0 spiro atoms. The second-order valence-electron chi connectivity index (χ2n) is 4.66. The first kappa shape index (κ1) is 15.5. The third kappa shape index (κ3) is 4.84. The van der Waals surface area contributed by atoms with Gasteiger partial charge in [0.05, 0.1) is 17.7 Å². The number of aryl methyl sites for hydroxylation is 1. The molecule has 2 rings (SSSR count). The highest BCUT2D eigenvalue weighted by Crippen LogP contribution is 2.12. The predicted octanol–water partition coefficient (Wildman–Crippen LogP) is 2.03. The summed E-state index contributed by atoms with van der Waals surface area (Å²) in [6.45, 7) is 2.39. The van der Waals surface area contributed by atoms with Crippen molar-refractivity contribution in [2.45, 2.75) is 19.4 Å². The molecule has 0 aliphatic heterocycles. The molecule has 21 heavy (non-hydrogen) atoms. The minimum Gasteiger partial charge on any atom is -0.394 e. The lowest BCUT2D eigenvalue weighted by molar-refractivity contribution is 0.217. The van der Waals surface area contributed by atoms with Gasteiger partial charge in [0.15, 0.2) is 0 Å². The Morgan fingerprint density at radius 3 is 2.76 bits per heavy atom. The lowest BCUT2D eigenvalue weighted by Crippen LogP contribution is -2.40. The quantitative estimate of drug-likeness (QED) is 0.764. The number of nitrogens with zero attached hydrogens (tertiary/aromatic N) is 1. The SMILES string of the molecule is Cc1cnc(CCNC(=O)N[C@H](CO)c2ccccc2)s1. The van der Waals surface area contributed by atoms with Gasteiger partial charge in [-0.1, -0.05) is 30.3 Å². The number of carbonyl (C=O) groups is 1. The number of aromatic nitrogens is 1. The Balaban J connectivity index is 1.78. The van der Waals surface area contributed by atoms with E-state index in [-0.39, 0.29) is 12.6 Å². The Morgan fingerprint density at radius 2 is 2.14 bits per heavy atom. The number of benzene rings is 1. The second kappa shape index (κ2) is 7.75. The number of aliphatic hydroxyl groups is 1. The molecular formula is C15H19N3O2S. The van der Waals surface area contributed by atoms with Crippen LogP contribution in [0.1, 0.15) is 21.5 Å².